The molecule has 7 nitrogen and oxygen atoms in total. The Morgan fingerprint density at radius 1 is 1.06 bits per heavy atom. The number of nitrogens with zero attached hydrogens (tertiary/aromatic N) is 2. The fraction of sp³-hybridized carbons (Fsp3) is 0.120. The van der Waals surface area contributed by atoms with Crippen molar-refractivity contribution in [1.29, 1.82) is 0 Å². The second-order valence-electron chi connectivity index (χ2n) is 7.13. The number of pyridine rings is 2. The highest BCUT2D eigenvalue weighted by Crippen LogP contribution is 2.18. The highest BCUT2D eigenvalue weighted by Gasteiger charge is 2.17. The lowest BCUT2D eigenvalue weighted by Gasteiger charge is -2.13. The number of carbonyl (C=O) groups excluding carboxylic acids is 2. The van der Waals surface area contributed by atoms with Gasteiger partial charge < -0.3 is 14.4 Å². The summed E-state index contributed by atoms with van der Waals surface area (Å²) in [6.45, 7) is 1.93. The Morgan fingerprint density at radius 3 is 2.62 bits per heavy atom. The van der Waals surface area contributed by atoms with Crippen LogP contribution in [-0.4, -0.2) is 33.0 Å². The van der Waals surface area contributed by atoms with E-state index in [1.807, 2.05) is 42.5 Å². The van der Waals surface area contributed by atoms with Crippen LogP contribution in [0.3, 0.4) is 0 Å². The van der Waals surface area contributed by atoms with E-state index in [1.54, 1.807) is 29.7 Å². The van der Waals surface area contributed by atoms with Crippen LogP contribution in [0.25, 0.3) is 27.6 Å². The molecule has 0 aliphatic rings. The highest BCUT2D eigenvalue weighted by molar-refractivity contribution is 6.39. The molecule has 7 heteroatoms. The monoisotopic (exact) mass is 428 g/mol. The minimum Gasteiger partial charge on any atom is -0.507 e. The van der Waals surface area contributed by atoms with Crippen molar-refractivity contribution in [3.05, 3.63) is 94.4 Å². The SMILES string of the molecule is CCOC(=O)C(=O)/C=C(\O)c1cn(Cc2ccc3ccccc3n2)c2ccccc2c1=O. The van der Waals surface area contributed by atoms with Crippen molar-refractivity contribution in [2.75, 3.05) is 6.61 Å². The molecule has 2 heterocycles. The maximum Gasteiger partial charge on any atom is 0.379 e. The summed E-state index contributed by atoms with van der Waals surface area (Å²) < 4.78 is 6.42. The van der Waals surface area contributed by atoms with Crippen LogP contribution in [-0.2, 0) is 20.9 Å². The minimum absolute atomic E-state index is 0.0285. The van der Waals surface area contributed by atoms with Gasteiger partial charge in [0.15, 0.2) is 5.43 Å². The van der Waals surface area contributed by atoms with Crippen LogP contribution in [0.15, 0.2) is 77.7 Å². The van der Waals surface area contributed by atoms with Crippen LogP contribution in [0, 0.1) is 0 Å². The van der Waals surface area contributed by atoms with Crippen molar-refractivity contribution in [3.8, 4) is 0 Å². The fourth-order valence-corrected chi connectivity index (χ4v) is 3.49. The lowest BCUT2D eigenvalue weighted by Crippen LogP contribution is -2.18. The van der Waals surface area contributed by atoms with Gasteiger partial charge in [-0.1, -0.05) is 36.4 Å². The van der Waals surface area contributed by atoms with Crippen molar-refractivity contribution < 1.29 is 19.4 Å². The summed E-state index contributed by atoms with van der Waals surface area (Å²) in [5.74, 6) is -2.74. The van der Waals surface area contributed by atoms with Crippen LogP contribution < -0.4 is 5.43 Å². The predicted octanol–water partition coefficient (Wildman–Crippen LogP) is 3.63. The molecular formula is C25H20N2O5. The fourth-order valence-electron chi connectivity index (χ4n) is 3.49. The Bertz CT molecular complexity index is 1440. The first kappa shape index (κ1) is 21.0. The summed E-state index contributed by atoms with van der Waals surface area (Å²) in [7, 11) is 0. The molecule has 0 saturated carbocycles. The first-order valence-electron chi connectivity index (χ1n) is 10.1. The number of carbonyl (C=O) groups is 2. The molecule has 1 N–H and O–H groups in total. The average molecular weight is 428 g/mol. The number of rotatable bonds is 6. The smallest absolute Gasteiger partial charge is 0.379 e. The zero-order valence-corrected chi connectivity index (χ0v) is 17.3. The Kier molecular flexibility index (Phi) is 5.81. The number of hydrogen-bond donors (Lipinski definition) is 1. The van der Waals surface area contributed by atoms with E-state index < -0.39 is 22.9 Å². The van der Waals surface area contributed by atoms with Gasteiger partial charge in [0.05, 0.1) is 35.4 Å². The van der Waals surface area contributed by atoms with Crippen LogP contribution in [0.2, 0.25) is 0 Å². The van der Waals surface area contributed by atoms with Crippen LogP contribution in [0.5, 0.6) is 0 Å². The summed E-state index contributed by atoms with van der Waals surface area (Å²) in [5, 5.41) is 11.9. The van der Waals surface area contributed by atoms with E-state index in [2.05, 4.69) is 9.72 Å². The Hall–Kier alpha value is -4.26. The third kappa shape index (κ3) is 4.13. The van der Waals surface area contributed by atoms with Crippen LogP contribution in [0.1, 0.15) is 18.2 Å². The molecule has 32 heavy (non-hydrogen) atoms. The number of ketones is 1. The van der Waals surface area contributed by atoms with Crippen molar-refractivity contribution in [1.82, 2.24) is 9.55 Å². The zero-order valence-electron chi connectivity index (χ0n) is 17.3. The number of aliphatic hydroxyl groups excluding tert-OH is 1. The van der Waals surface area contributed by atoms with E-state index >= 15 is 0 Å². The lowest BCUT2D eigenvalue weighted by atomic mass is 10.1. The molecule has 0 amide bonds. The summed E-state index contributed by atoms with van der Waals surface area (Å²) in [6.07, 6.45) is 2.17. The number of aromatic nitrogens is 2. The molecule has 2 aromatic heterocycles. The topological polar surface area (TPSA) is 98.5 Å². The Balaban J connectivity index is 1.80. The predicted molar refractivity (Wildman–Crippen MR) is 121 cm³/mol. The van der Waals surface area contributed by atoms with Gasteiger partial charge in [-0.25, -0.2) is 4.79 Å². The molecule has 0 fully saturated rings. The molecular weight excluding hydrogens is 408 g/mol. The maximum atomic E-state index is 13.0. The third-order valence-corrected chi connectivity index (χ3v) is 5.00. The van der Waals surface area contributed by atoms with E-state index in [0.29, 0.717) is 23.5 Å². The largest absolute Gasteiger partial charge is 0.507 e. The second kappa shape index (κ2) is 8.85. The molecule has 0 unspecified atom stereocenters. The molecule has 0 spiro atoms. The number of ether oxygens (including phenoxy) is 1. The number of esters is 1. The summed E-state index contributed by atoms with van der Waals surface area (Å²) in [5.41, 5.74) is 1.71. The summed E-state index contributed by atoms with van der Waals surface area (Å²) >= 11 is 0. The summed E-state index contributed by atoms with van der Waals surface area (Å²) in [4.78, 5) is 41.2. The number of benzene rings is 2. The molecule has 0 radical (unpaired) electrons. The van der Waals surface area contributed by atoms with Crippen molar-refractivity contribution in [2.24, 2.45) is 0 Å². The van der Waals surface area contributed by atoms with E-state index in [9.17, 15) is 19.5 Å². The van der Waals surface area contributed by atoms with Gasteiger partial charge in [0.25, 0.3) is 5.78 Å². The molecule has 0 saturated heterocycles. The van der Waals surface area contributed by atoms with Crippen molar-refractivity contribution in [2.45, 2.75) is 13.5 Å². The molecule has 0 aliphatic heterocycles. The highest BCUT2D eigenvalue weighted by atomic mass is 16.5. The molecule has 4 rings (SSSR count). The third-order valence-electron chi connectivity index (χ3n) is 5.00. The number of para-hydroxylation sites is 2. The van der Waals surface area contributed by atoms with Gasteiger partial charge in [-0.05, 0) is 31.2 Å². The van der Waals surface area contributed by atoms with Gasteiger partial charge in [0.2, 0.25) is 0 Å². The van der Waals surface area contributed by atoms with E-state index in [1.165, 1.54) is 6.20 Å². The normalized spacial score (nSPS) is 11.6. The van der Waals surface area contributed by atoms with Gasteiger partial charge in [-0.3, -0.25) is 14.6 Å². The van der Waals surface area contributed by atoms with E-state index in [-0.39, 0.29) is 12.2 Å². The molecule has 0 bridgehead atoms. The van der Waals surface area contributed by atoms with Gasteiger partial charge in [-0.2, -0.15) is 0 Å². The zero-order chi connectivity index (χ0) is 22.7. The quantitative estimate of drug-likeness (QED) is 0.218. The van der Waals surface area contributed by atoms with Gasteiger partial charge in [-0.15, -0.1) is 0 Å². The lowest BCUT2D eigenvalue weighted by molar-refractivity contribution is -0.151. The molecule has 4 aromatic rings. The average Bonchev–Trinajstić information content (AvgIpc) is 2.81. The first-order valence-corrected chi connectivity index (χ1v) is 10.1. The molecule has 0 atom stereocenters. The number of aliphatic hydroxyl groups is 1. The molecule has 0 aliphatic carbocycles. The van der Waals surface area contributed by atoms with E-state index in [4.69, 9.17) is 0 Å². The number of hydrogen-bond acceptors (Lipinski definition) is 6. The first-order chi connectivity index (χ1) is 15.5. The molecule has 160 valence electrons. The van der Waals surface area contributed by atoms with E-state index in [0.717, 1.165) is 16.6 Å². The van der Waals surface area contributed by atoms with Gasteiger partial charge in [0, 0.05) is 23.0 Å². The minimum atomic E-state index is -1.10. The second-order valence-corrected chi connectivity index (χ2v) is 7.13. The van der Waals surface area contributed by atoms with Crippen molar-refractivity contribution in [3.63, 3.8) is 0 Å². The maximum absolute atomic E-state index is 13.0. The number of fused-ring (bicyclic) bond motifs is 2. The van der Waals surface area contributed by atoms with Crippen LogP contribution >= 0.6 is 0 Å². The van der Waals surface area contributed by atoms with Crippen molar-refractivity contribution >= 4 is 39.3 Å². The summed E-state index contributed by atoms with van der Waals surface area (Å²) in [6, 6.07) is 18.6. The van der Waals surface area contributed by atoms with Gasteiger partial charge in [0.1, 0.15) is 5.76 Å². The van der Waals surface area contributed by atoms with Gasteiger partial charge >= 0.3 is 5.97 Å². The molecule has 2 aromatic carbocycles. The standard InChI is InChI=1S/C25H20N2O5/c1-2-32-25(31)23(29)13-22(28)19-15-27(21-10-6-4-8-18(21)24(19)30)14-17-12-11-16-7-3-5-9-20(16)26-17/h3-13,15,28H,2,14H2,1H3/b22-13-. The Labute approximate surface area is 183 Å². The van der Waals surface area contributed by atoms with Crippen LogP contribution in [0.4, 0.5) is 0 Å². The Morgan fingerprint density at radius 2 is 1.81 bits per heavy atom.